The van der Waals surface area contributed by atoms with Gasteiger partial charge in [0.1, 0.15) is 10.9 Å². The van der Waals surface area contributed by atoms with E-state index in [2.05, 4.69) is 25.6 Å². The Morgan fingerprint density at radius 2 is 2.07 bits per heavy atom. The van der Waals surface area contributed by atoms with Gasteiger partial charge in [0.2, 0.25) is 0 Å². The first-order chi connectivity index (χ1) is 13.5. The van der Waals surface area contributed by atoms with Crippen molar-refractivity contribution in [2.24, 2.45) is 0 Å². The van der Waals surface area contributed by atoms with Crippen LogP contribution in [0.5, 0.6) is 11.5 Å². The van der Waals surface area contributed by atoms with Crippen LogP contribution in [-0.4, -0.2) is 27.0 Å². The van der Waals surface area contributed by atoms with E-state index in [9.17, 15) is 13.4 Å². The van der Waals surface area contributed by atoms with E-state index in [1.54, 1.807) is 39.0 Å². The highest BCUT2D eigenvalue weighted by molar-refractivity contribution is 9.10. The average molecular weight is 506 g/mol. The van der Waals surface area contributed by atoms with Crippen LogP contribution in [0.15, 0.2) is 28.7 Å². The lowest BCUT2D eigenvalue weighted by Crippen LogP contribution is -2.51. The number of carbonyl (C=O) groups excluding carboxylic acids is 1. The summed E-state index contributed by atoms with van der Waals surface area (Å²) < 4.78 is 41.5. The number of esters is 1. The molecule has 1 aromatic carbocycles. The number of carbonyl (C=O) groups is 1. The van der Waals surface area contributed by atoms with Gasteiger partial charge in [-0.15, -0.1) is 0 Å². The molecule has 0 bridgehead atoms. The molecule has 10 heteroatoms. The average Bonchev–Trinajstić information content (AvgIpc) is 2.62. The molecule has 6 nitrogen and oxygen atoms in total. The molecule has 0 saturated carbocycles. The molecular weight excluding hydrogens is 487 g/mol. The molecule has 0 aliphatic carbocycles. The van der Waals surface area contributed by atoms with E-state index in [1.165, 1.54) is 13.2 Å². The Kier molecular flexibility index (Phi) is 6.06. The fourth-order valence-corrected chi connectivity index (χ4v) is 4.46. The van der Waals surface area contributed by atoms with Gasteiger partial charge < -0.3 is 9.47 Å². The third-order valence-corrected chi connectivity index (χ3v) is 6.77. The molecule has 0 saturated heterocycles. The minimum Gasteiger partial charge on any atom is -0.469 e. The Labute approximate surface area is 183 Å². The van der Waals surface area contributed by atoms with Gasteiger partial charge in [-0.25, -0.2) is 13.9 Å². The summed E-state index contributed by atoms with van der Waals surface area (Å²) in [5.74, 6) is -1.41. The second-order valence-corrected chi connectivity index (χ2v) is 10.8. The highest BCUT2D eigenvalue weighted by Gasteiger charge is 2.48. The van der Waals surface area contributed by atoms with Crippen LogP contribution in [-0.2, 0) is 26.1 Å². The summed E-state index contributed by atoms with van der Waals surface area (Å²) in [5, 5.41) is -0.124. The van der Waals surface area contributed by atoms with Crippen LogP contribution in [0.25, 0.3) is 0 Å². The number of halogens is 3. The SMILES string of the molecule is COC(=O)CC1(NS(=O)C(C)(C)C)c2cc(Br)ccc2Oc2c1cc(Cl)nc2F. The smallest absolute Gasteiger partial charge is 0.308 e. The largest absolute Gasteiger partial charge is 0.469 e. The van der Waals surface area contributed by atoms with Gasteiger partial charge in [0.15, 0.2) is 5.75 Å². The number of fused-ring (bicyclic) bond motifs is 2. The quantitative estimate of drug-likeness (QED) is 0.485. The fourth-order valence-electron chi connectivity index (χ4n) is 3.00. The van der Waals surface area contributed by atoms with Crippen molar-refractivity contribution >= 4 is 44.5 Å². The molecule has 1 aliphatic rings. The molecule has 3 rings (SSSR count). The monoisotopic (exact) mass is 504 g/mol. The van der Waals surface area contributed by atoms with Gasteiger partial charge in [0, 0.05) is 15.6 Å². The number of methoxy groups -OCH3 is 1. The molecule has 0 fully saturated rings. The Balaban J connectivity index is 2.36. The maximum absolute atomic E-state index is 14.7. The summed E-state index contributed by atoms with van der Waals surface area (Å²) in [5.41, 5.74) is -0.724. The third kappa shape index (κ3) is 4.19. The Bertz CT molecular complexity index is 1010. The second-order valence-electron chi connectivity index (χ2n) is 7.50. The zero-order valence-corrected chi connectivity index (χ0v) is 19.3. The van der Waals surface area contributed by atoms with Crippen molar-refractivity contribution in [2.75, 3.05) is 7.11 Å². The topological polar surface area (TPSA) is 77.5 Å². The first-order valence-electron chi connectivity index (χ1n) is 8.59. The van der Waals surface area contributed by atoms with Crippen LogP contribution in [0.2, 0.25) is 5.15 Å². The maximum atomic E-state index is 14.7. The van der Waals surface area contributed by atoms with E-state index in [-0.39, 0.29) is 22.9 Å². The molecule has 2 atom stereocenters. The predicted molar refractivity (Wildman–Crippen MR) is 112 cm³/mol. The van der Waals surface area contributed by atoms with Gasteiger partial charge in [-0.3, -0.25) is 4.79 Å². The van der Waals surface area contributed by atoms with Crippen molar-refractivity contribution < 1.29 is 22.9 Å². The number of rotatable bonds is 4. The highest BCUT2D eigenvalue weighted by Crippen LogP contribution is 2.51. The maximum Gasteiger partial charge on any atom is 0.308 e. The number of hydrogen-bond acceptors (Lipinski definition) is 5. The molecule has 0 amide bonds. The van der Waals surface area contributed by atoms with Gasteiger partial charge in [0.05, 0.1) is 34.8 Å². The number of aromatic nitrogens is 1. The minimum absolute atomic E-state index is 0.124. The van der Waals surface area contributed by atoms with E-state index in [4.69, 9.17) is 21.1 Å². The molecule has 2 aromatic rings. The zero-order valence-electron chi connectivity index (χ0n) is 16.1. The molecule has 1 aromatic heterocycles. The van der Waals surface area contributed by atoms with Crippen LogP contribution in [0.1, 0.15) is 38.3 Å². The Morgan fingerprint density at radius 1 is 1.38 bits per heavy atom. The molecule has 1 aliphatic heterocycles. The van der Waals surface area contributed by atoms with Crippen molar-refractivity contribution in [1.82, 2.24) is 9.71 Å². The van der Waals surface area contributed by atoms with Gasteiger partial charge >= 0.3 is 5.97 Å². The molecule has 1 N–H and O–H groups in total. The van der Waals surface area contributed by atoms with Crippen LogP contribution < -0.4 is 9.46 Å². The van der Waals surface area contributed by atoms with E-state index in [0.717, 1.165) is 0 Å². The van der Waals surface area contributed by atoms with Crippen LogP contribution in [0.4, 0.5) is 4.39 Å². The summed E-state index contributed by atoms with van der Waals surface area (Å²) in [7, 11) is -0.393. The summed E-state index contributed by atoms with van der Waals surface area (Å²) in [4.78, 5) is 16.0. The number of benzene rings is 1. The summed E-state index contributed by atoms with van der Waals surface area (Å²) in [6.07, 6.45) is -0.273. The highest BCUT2D eigenvalue weighted by atomic mass is 79.9. The van der Waals surface area contributed by atoms with Crippen LogP contribution in [0, 0.1) is 5.95 Å². The van der Waals surface area contributed by atoms with Gasteiger partial charge in [0.25, 0.3) is 5.95 Å². The van der Waals surface area contributed by atoms with E-state index < -0.39 is 33.2 Å². The van der Waals surface area contributed by atoms with E-state index in [0.29, 0.717) is 15.8 Å². The van der Waals surface area contributed by atoms with Crippen molar-refractivity contribution in [2.45, 2.75) is 37.5 Å². The summed E-state index contributed by atoms with van der Waals surface area (Å²) >= 11 is 9.44. The number of nitrogens with one attached hydrogen (secondary N) is 1. The lowest BCUT2D eigenvalue weighted by molar-refractivity contribution is -0.141. The molecule has 156 valence electrons. The van der Waals surface area contributed by atoms with Crippen LogP contribution >= 0.6 is 27.5 Å². The van der Waals surface area contributed by atoms with Gasteiger partial charge in [-0.2, -0.15) is 4.39 Å². The van der Waals surface area contributed by atoms with Crippen molar-refractivity contribution in [3.8, 4) is 11.5 Å². The first kappa shape index (κ1) is 22.1. The summed E-state index contributed by atoms with van der Waals surface area (Å²) in [6, 6.07) is 6.47. The molecule has 2 unspecified atom stereocenters. The lowest BCUT2D eigenvalue weighted by Gasteiger charge is -2.41. The van der Waals surface area contributed by atoms with E-state index in [1.807, 2.05) is 0 Å². The number of pyridine rings is 1. The van der Waals surface area contributed by atoms with Crippen molar-refractivity contribution in [3.63, 3.8) is 0 Å². The van der Waals surface area contributed by atoms with Gasteiger partial charge in [-0.1, -0.05) is 27.5 Å². The van der Waals surface area contributed by atoms with Crippen molar-refractivity contribution in [3.05, 3.63) is 51.0 Å². The fraction of sp³-hybridized carbons (Fsp3) is 0.368. The number of nitrogens with zero attached hydrogens (tertiary/aromatic N) is 1. The number of hydrogen-bond donors (Lipinski definition) is 1. The zero-order chi connectivity index (χ0) is 21.6. The Morgan fingerprint density at radius 3 is 2.69 bits per heavy atom. The summed E-state index contributed by atoms with van der Waals surface area (Å²) in [6.45, 7) is 5.35. The normalized spacial score (nSPS) is 19.0. The predicted octanol–water partition coefficient (Wildman–Crippen LogP) is 4.60. The molecular formula is C19H19BrClFN2O4S. The number of ether oxygens (including phenoxy) is 2. The standard InChI is InChI=1S/C19H19BrClFN2O4S/c1-18(2,3)29(26)24-19(9-15(25)27-4)11-7-10(20)5-6-13(11)28-16-12(19)8-14(21)23-17(16)22/h5-8,24H,9H2,1-4H3. The first-order valence-corrected chi connectivity index (χ1v) is 10.9. The van der Waals surface area contributed by atoms with Crippen LogP contribution in [0.3, 0.4) is 0 Å². The molecule has 0 radical (unpaired) electrons. The molecule has 2 heterocycles. The second kappa shape index (κ2) is 7.94. The molecule has 0 spiro atoms. The lowest BCUT2D eigenvalue weighted by atomic mass is 9.79. The minimum atomic E-state index is -1.64. The van der Waals surface area contributed by atoms with E-state index >= 15 is 0 Å². The van der Waals surface area contributed by atoms with Crippen molar-refractivity contribution in [1.29, 1.82) is 0 Å². The molecule has 29 heavy (non-hydrogen) atoms. The third-order valence-electron chi connectivity index (χ3n) is 4.43. The Hall–Kier alpha value is -1.55. The van der Waals surface area contributed by atoms with Gasteiger partial charge in [-0.05, 0) is 45.0 Å².